The first-order chi connectivity index (χ1) is 10.6. The Morgan fingerprint density at radius 1 is 1.23 bits per heavy atom. The van der Waals surface area contributed by atoms with Crippen molar-refractivity contribution in [2.24, 2.45) is 5.73 Å². The van der Waals surface area contributed by atoms with Crippen molar-refractivity contribution in [3.63, 3.8) is 0 Å². The molecule has 0 spiro atoms. The fraction of sp³-hybridized carbons (Fsp3) is 0.500. The van der Waals surface area contributed by atoms with Crippen molar-refractivity contribution in [1.29, 1.82) is 0 Å². The van der Waals surface area contributed by atoms with Crippen LogP contribution < -0.4 is 16.4 Å². The zero-order valence-corrected chi connectivity index (χ0v) is 13.2. The molecule has 120 valence electrons. The molecule has 1 aliphatic carbocycles. The predicted octanol–water partition coefficient (Wildman–Crippen LogP) is 0.427. The van der Waals surface area contributed by atoms with Gasteiger partial charge >= 0.3 is 17.8 Å². The van der Waals surface area contributed by atoms with E-state index in [1.807, 2.05) is 0 Å². The smallest absolute Gasteiger partial charge is 0.341 e. The number of aryl methyl sites for hydroxylation is 1. The van der Waals surface area contributed by atoms with E-state index in [1.54, 1.807) is 0 Å². The van der Waals surface area contributed by atoms with Crippen LogP contribution in [-0.2, 0) is 27.2 Å². The third-order valence-corrected chi connectivity index (χ3v) is 4.63. The fourth-order valence-electron chi connectivity index (χ4n) is 2.40. The molecule has 0 bridgehead atoms. The maximum absolute atomic E-state index is 12.0. The number of hydrogen-bond acceptors (Lipinski definition) is 6. The first-order valence-corrected chi connectivity index (χ1v) is 7.92. The summed E-state index contributed by atoms with van der Waals surface area (Å²) in [5.41, 5.74) is 6.58. The molecule has 1 aromatic rings. The lowest BCUT2D eigenvalue weighted by Gasteiger charge is -2.11. The summed E-state index contributed by atoms with van der Waals surface area (Å²) in [6.45, 7) is 0.469. The first-order valence-electron chi connectivity index (χ1n) is 7.10. The summed E-state index contributed by atoms with van der Waals surface area (Å²) in [5, 5.41) is 5.29. The maximum Gasteiger partial charge on any atom is 0.341 e. The number of fused-ring (bicyclic) bond motifs is 1. The number of anilines is 1. The summed E-state index contributed by atoms with van der Waals surface area (Å²) in [6, 6.07) is 0. The van der Waals surface area contributed by atoms with Crippen LogP contribution in [0.25, 0.3) is 0 Å². The van der Waals surface area contributed by atoms with Crippen molar-refractivity contribution in [3.05, 3.63) is 16.0 Å². The van der Waals surface area contributed by atoms with Crippen LogP contribution in [0.1, 0.15) is 33.6 Å². The van der Waals surface area contributed by atoms with Crippen molar-refractivity contribution in [2.45, 2.75) is 25.7 Å². The van der Waals surface area contributed by atoms with Gasteiger partial charge < -0.3 is 21.1 Å². The molecule has 1 aromatic heterocycles. The van der Waals surface area contributed by atoms with E-state index in [2.05, 4.69) is 10.6 Å². The number of esters is 1. The van der Waals surface area contributed by atoms with E-state index in [0.717, 1.165) is 36.1 Å². The monoisotopic (exact) mass is 325 g/mol. The van der Waals surface area contributed by atoms with Gasteiger partial charge in [0.25, 0.3) is 0 Å². The van der Waals surface area contributed by atoms with Gasteiger partial charge in [-0.15, -0.1) is 11.3 Å². The predicted molar refractivity (Wildman–Crippen MR) is 83.0 cm³/mol. The molecular formula is C14H19N3O4S. The van der Waals surface area contributed by atoms with Crippen molar-refractivity contribution in [3.8, 4) is 0 Å². The lowest BCUT2D eigenvalue weighted by atomic mass is 9.95. The Morgan fingerprint density at radius 3 is 2.64 bits per heavy atom. The highest BCUT2D eigenvalue weighted by atomic mass is 32.1. The minimum Gasteiger partial charge on any atom is -0.465 e. The second-order valence-corrected chi connectivity index (χ2v) is 6.01. The standard InChI is InChI=1S/C14H19N3O4S/c1-21-14(20)10-8-4-2-3-5-9(8)22-13(10)17-12(19)11(18)16-7-6-15/h2-7,15H2,1H3,(H,16,18)(H,17,19). The number of nitrogens with two attached hydrogens (primary N) is 1. The van der Waals surface area contributed by atoms with Crippen molar-refractivity contribution in [1.82, 2.24) is 5.32 Å². The van der Waals surface area contributed by atoms with E-state index in [0.29, 0.717) is 10.6 Å². The van der Waals surface area contributed by atoms with Crippen LogP contribution in [-0.4, -0.2) is 38.0 Å². The van der Waals surface area contributed by atoms with E-state index in [4.69, 9.17) is 10.5 Å². The van der Waals surface area contributed by atoms with Crippen LogP contribution >= 0.6 is 11.3 Å². The minimum absolute atomic E-state index is 0.219. The quantitative estimate of drug-likeness (QED) is 0.549. The Labute approximate surface area is 132 Å². The number of methoxy groups -OCH3 is 1. The second-order valence-electron chi connectivity index (χ2n) is 4.91. The van der Waals surface area contributed by atoms with Gasteiger partial charge in [0.1, 0.15) is 5.00 Å². The van der Waals surface area contributed by atoms with Gasteiger partial charge in [-0.05, 0) is 31.2 Å². The summed E-state index contributed by atoms with van der Waals surface area (Å²) in [5.74, 6) is -2.07. The minimum atomic E-state index is -0.808. The molecule has 22 heavy (non-hydrogen) atoms. The van der Waals surface area contributed by atoms with Gasteiger partial charge in [0, 0.05) is 18.0 Å². The molecule has 7 nitrogen and oxygen atoms in total. The highest BCUT2D eigenvalue weighted by Crippen LogP contribution is 2.38. The molecule has 8 heteroatoms. The van der Waals surface area contributed by atoms with E-state index in [1.165, 1.54) is 18.4 Å². The Balaban J connectivity index is 2.23. The van der Waals surface area contributed by atoms with Crippen molar-refractivity contribution < 1.29 is 19.1 Å². The SMILES string of the molecule is COC(=O)c1c(NC(=O)C(=O)NCCN)sc2c1CCCC2. The number of carbonyl (C=O) groups is 3. The molecule has 0 unspecified atom stereocenters. The Hall–Kier alpha value is -1.93. The summed E-state index contributed by atoms with van der Waals surface area (Å²) in [7, 11) is 1.30. The molecule has 0 atom stereocenters. The van der Waals surface area contributed by atoms with Crippen LogP contribution in [0.5, 0.6) is 0 Å². The van der Waals surface area contributed by atoms with E-state index in [9.17, 15) is 14.4 Å². The fourth-order valence-corrected chi connectivity index (χ4v) is 3.67. The topological polar surface area (TPSA) is 111 Å². The van der Waals surface area contributed by atoms with Gasteiger partial charge in [-0.1, -0.05) is 0 Å². The highest BCUT2D eigenvalue weighted by molar-refractivity contribution is 7.17. The summed E-state index contributed by atoms with van der Waals surface area (Å²) in [6.07, 6.45) is 3.71. The number of thiophene rings is 1. The number of ether oxygens (including phenoxy) is 1. The van der Waals surface area contributed by atoms with Crippen LogP contribution in [0.3, 0.4) is 0 Å². The van der Waals surface area contributed by atoms with E-state index < -0.39 is 17.8 Å². The van der Waals surface area contributed by atoms with Crippen LogP contribution in [0, 0.1) is 0 Å². The average molecular weight is 325 g/mol. The molecular weight excluding hydrogens is 306 g/mol. The molecule has 4 N–H and O–H groups in total. The Kier molecular flexibility index (Phi) is 5.51. The molecule has 2 rings (SSSR count). The van der Waals surface area contributed by atoms with Gasteiger partial charge in [-0.3, -0.25) is 9.59 Å². The first kappa shape index (κ1) is 16.4. The van der Waals surface area contributed by atoms with Crippen LogP contribution in [0.2, 0.25) is 0 Å². The summed E-state index contributed by atoms with van der Waals surface area (Å²) >= 11 is 1.34. The number of nitrogens with one attached hydrogen (secondary N) is 2. The zero-order valence-electron chi connectivity index (χ0n) is 12.4. The average Bonchev–Trinajstić information content (AvgIpc) is 2.89. The molecule has 1 heterocycles. The lowest BCUT2D eigenvalue weighted by Crippen LogP contribution is -2.38. The third-order valence-electron chi connectivity index (χ3n) is 3.42. The van der Waals surface area contributed by atoms with E-state index in [-0.39, 0.29) is 13.1 Å². The van der Waals surface area contributed by atoms with Gasteiger partial charge in [-0.2, -0.15) is 0 Å². The molecule has 2 amide bonds. The van der Waals surface area contributed by atoms with Crippen molar-refractivity contribution >= 4 is 34.1 Å². The Morgan fingerprint density at radius 2 is 1.95 bits per heavy atom. The Bertz CT molecular complexity index is 597. The highest BCUT2D eigenvalue weighted by Gasteiger charge is 2.27. The second kappa shape index (κ2) is 7.37. The molecule has 0 aliphatic heterocycles. The third kappa shape index (κ3) is 3.45. The number of amides is 2. The summed E-state index contributed by atoms with van der Waals surface area (Å²) in [4.78, 5) is 36.6. The van der Waals surface area contributed by atoms with Gasteiger partial charge in [-0.25, -0.2) is 4.79 Å². The number of rotatable bonds is 4. The number of carbonyl (C=O) groups excluding carboxylic acids is 3. The molecule has 0 aromatic carbocycles. The lowest BCUT2D eigenvalue weighted by molar-refractivity contribution is -0.136. The van der Waals surface area contributed by atoms with Gasteiger partial charge in [0.2, 0.25) is 0 Å². The van der Waals surface area contributed by atoms with Gasteiger partial charge in [0.15, 0.2) is 0 Å². The van der Waals surface area contributed by atoms with E-state index >= 15 is 0 Å². The molecule has 0 fully saturated rings. The molecule has 0 saturated heterocycles. The molecule has 0 radical (unpaired) electrons. The summed E-state index contributed by atoms with van der Waals surface area (Å²) < 4.78 is 4.81. The zero-order chi connectivity index (χ0) is 16.1. The van der Waals surface area contributed by atoms with Crippen molar-refractivity contribution in [2.75, 3.05) is 25.5 Å². The number of hydrogen-bond donors (Lipinski definition) is 3. The van der Waals surface area contributed by atoms with Crippen LogP contribution in [0.4, 0.5) is 5.00 Å². The molecule has 0 saturated carbocycles. The van der Waals surface area contributed by atoms with Crippen LogP contribution in [0.15, 0.2) is 0 Å². The van der Waals surface area contributed by atoms with Gasteiger partial charge in [0.05, 0.1) is 12.7 Å². The maximum atomic E-state index is 12.0. The largest absolute Gasteiger partial charge is 0.465 e. The normalized spacial score (nSPS) is 13.2. The molecule has 1 aliphatic rings.